The van der Waals surface area contributed by atoms with Crippen molar-refractivity contribution in [1.82, 2.24) is 0 Å². The first-order valence-electron chi connectivity index (χ1n) is 5.54. The fourth-order valence-electron chi connectivity index (χ4n) is 1.70. The lowest BCUT2D eigenvalue weighted by atomic mass is 10.1. The van der Waals surface area contributed by atoms with Gasteiger partial charge in [-0.25, -0.2) is 4.79 Å². The van der Waals surface area contributed by atoms with Crippen molar-refractivity contribution in [3.05, 3.63) is 53.1 Å². The minimum atomic E-state index is -1.04. The number of aromatic carboxylic acids is 1. The third kappa shape index (κ3) is 2.98. The van der Waals surface area contributed by atoms with E-state index in [1.165, 1.54) is 6.07 Å². The molecule has 0 saturated heterocycles. The van der Waals surface area contributed by atoms with Gasteiger partial charge >= 0.3 is 5.97 Å². The Morgan fingerprint density at radius 1 is 1.21 bits per heavy atom. The van der Waals surface area contributed by atoms with E-state index in [0.29, 0.717) is 22.1 Å². The molecule has 5 heteroatoms. The number of rotatable bonds is 4. The quantitative estimate of drug-likeness (QED) is 0.893. The third-order valence-electron chi connectivity index (χ3n) is 2.59. The van der Waals surface area contributed by atoms with Crippen LogP contribution in [0.15, 0.2) is 42.5 Å². The molecule has 0 aliphatic heterocycles. The fraction of sp³-hybridized carbons (Fsp3) is 0.0714. The third-order valence-corrected chi connectivity index (χ3v) is 2.82. The highest BCUT2D eigenvalue weighted by Crippen LogP contribution is 2.29. The average Bonchev–Trinajstić information content (AvgIpc) is 2.41. The molecule has 0 heterocycles. The van der Waals surface area contributed by atoms with Gasteiger partial charge in [0.25, 0.3) is 0 Å². The summed E-state index contributed by atoms with van der Waals surface area (Å²) < 4.78 is 5.21. The molecule has 19 heavy (non-hydrogen) atoms. The van der Waals surface area contributed by atoms with Crippen molar-refractivity contribution in [2.24, 2.45) is 0 Å². The smallest absolute Gasteiger partial charge is 0.337 e. The van der Waals surface area contributed by atoms with Crippen LogP contribution in [0.1, 0.15) is 10.4 Å². The molecule has 4 nitrogen and oxygen atoms in total. The van der Waals surface area contributed by atoms with Gasteiger partial charge in [-0.05, 0) is 30.3 Å². The first-order chi connectivity index (χ1) is 9.11. The maximum atomic E-state index is 11.2. The number of nitrogens with one attached hydrogen (secondary N) is 1. The highest BCUT2D eigenvalue weighted by atomic mass is 35.5. The average molecular weight is 278 g/mol. The second-order valence-corrected chi connectivity index (χ2v) is 4.26. The van der Waals surface area contributed by atoms with Gasteiger partial charge < -0.3 is 15.2 Å². The van der Waals surface area contributed by atoms with Crippen molar-refractivity contribution in [2.45, 2.75) is 0 Å². The Kier molecular flexibility index (Phi) is 3.92. The molecular weight excluding hydrogens is 266 g/mol. The number of hydrogen-bond acceptors (Lipinski definition) is 3. The summed E-state index contributed by atoms with van der Waals surface area (Å²) in [6, 6.07) is 11.9. The van der Waals surface area contributed by atoms with Gasteiger partial charge in [-0.1, -0.05) is 23.7 Å². The van der Waals surface area contributed by atoms with Gasteiger partial charge in [-0.15, -0.1) is 0 Å². The van der Waals surface area contributed by atoms with E-state index in [0.717, 1.165) is 0 Å². The molecule has 2 aromatic rings. The van der Waals surface area contributed by atoms with E-state index in [9.17, 15) is 4.79 Å². The van der Waals surface area contributed by atoms with Gasteiger partial charge in [0.05, 0.1) is 24.0 Å². The number of para-hydroxylation sites is 2. The lowest BCUT2D eigenvalue weighted by Gasteiger charge is -2.13. The maximum absolute atomic E-state index is 11.2. The van der Waals surface area contributed by atoms with E-state index < -0.39 is 5.97 Å². The van der Waals surface area contributed by atoms with Gasteiger partial charge in [0.15, 0.2) is 0 Å². The molecular formula is C14H12ClNO3. The molecule has 0 saturated carbocycles. The van der Waals surface area contributed by atoms with Crippen molar-refractivity contribution in [1.29, 1.82) is 0 Å². The van der Waals surface area contributed by atoms with Crippen LogP contribution in [0.3, 0.4) is 0 Å². The van der Waals surface area contributed by atoms with Crippen LogP contribution in [0.5, 0.6) is 5.75 Å². The van der Waals surface area contributed by atoms with Crippen molar-refractivity contribution >= 4 is 28.9 Å². The molecule has 0 aliphatic carbocycles. The number of ether oxygens (including phenoxy) is 1. The van der Waals surface area contributed by atoms with Gasteiger partial charge in [0, 0.05) is 5.02 Å². The number of halogens is 1. The van der Waals surface area contributed by atoms with E-state index in [-0.39, 0.29) is 5.56 Å². The number of carboxylic acids is 1. The van der Waals surface area contributed by atoms with Crippen LogP contribution in [0, 0.1) is 0 Å². The summed E-state index contributed by atoms with van der Waals surface area (Å²) in [6.45, 7) is 0. The highest BCUT2D eigenvalue weighted by Gasteiger charge is 2.12. The SMILES string of the molecule is COc1ccccc1Nc1ccc(Cl)cc1C(=O)O. The first-order valence-corrected chi connectivity index (χ1v) is 5.92. The second-order valence-electron chi connectivity index (χ2n) is 3.82. The molecule has 0 radical (unpaired) electrons. The summed E-state index contributed by atoms with van der Waals surface area (Å²) in [5.41, 5.74) is 1.26. The zero-order valence-electron chi connectivity index (χ0n) is 10.2. The maximum Gasteiger partial charge on any atom is 0.337 e. The van der Waals surface area contributed by atoms with Crippen LogP contribution in [-0.2, 0) is 0 Å². The lowest BCUT2D eigenvalue weighted by Crippen LogP contribution is -2.03. The van der Waals surface area contributed by atoms with Crippen molar-refractivity contribution in [3.8, 4) is 5.75 Å². The van der Waals surface area contributed by atoms with Crippen molar-refractivity contribution < 1.29 is 14.6 Å². The Hall–Kier alpha value is -2.20. The van der Waals surface area contributed by atoms with Gasteiger partial charge in [0.2, 0.25) is 0 Å². The topological polar surface area (TPSA) is 58.6 Å². The van der Waals surface area contributed by atoms with E-state index in [1.54, 1.807) is 31.4 Å². The minimum absolute atomic E-state index is 0.110. The van der Waals surface area contributed by atoms with E-state index >= 15 is 0 Å². The predicted molar refractivity (Wildman–Crippen MR) is 74.7 cm³/mol. The van der Waals surface area contributed by atoms with E-state index in [1.807, 2.05) is 12.1 Å². The minimum Gasteiger partial charge on any atom is -0.495 e. The number of carbonyl (C=O) groups is 1. The number of anilines is 2. The molecule has 2 N–H and O–H groups in total. The Bertz CT molecular complexity index is 613. The lowest BCUT2D eigenvalue weighted by molar-refractivity contribution is 0.0698. The monoisotopic (exact) mass is 277 g/mol. The molecule has 0 unspecified atom stereocenters. The van der Waals surface area contributed by atoms with Crippen LogP contribution in [0.2, 0.25) is 5.02 Å². The fourth-order valence-corrected chi connectivity index (χ4v) is 1.87. The summed E-state index contributed by atoms with van der Waals surface area (Å²) in [7, 11) is 1.56. The molecule has 0 amide bonds. The summed E-state index contributed by atoms with van der Waals surface area (Å²) in [5, 5.41) is 12.6. The predicted octanol–water partition coefficient (Wildman–Crippen LogP) is 3.79. The number of methoxy groups -OCH3 is 1. The zero-order chi connectivity index (χ0) is 13.8. The Morgan fingerprint density at radius 2 is 1.95 bits per heavy atom. The van der Waals surface area contributed by atoms with Crippen LogP contribution >= 0.6 is 11.6 Å². The Balaban J connectivity index is 2.41. The standard InChI is InChI=1S/C14H12ClNO3/c1-19-13-5-3-2-4-12(13)16-11-7-6-9(15)8-10(11)14(17)18/h2-8,16H,1H3,(H,17,18). The Morgan fingerprint density at radius 3 is 2.63 bits per heavy atom. The van der Waals surface area contributed by atoms with Crippen LogP contribution in [0.25, 0.3) is 0 Å². The molecule has 0 aromatic heterocycles. The number of carboxylic acid groups (broad SMARTS) is 1. The Labute approximate surface area is 115 Å². The summed E-state index contributed by atoms with van der Waals surface area (Å²) in [5.74, 6) is -0.409. The zero-order valence-corrected chi connectivity index (χ0v) is 10.9. The summed E-state index contributed by atoms with van der Waals surface area (Å²) in [4.78, 5) is 11.2. The summed E-state index contributed by atoms with van der Waals surface area (Å²) >= 11 is 5.81. The number of hydrogen-bond donors (Lipinski definition) is 2. The van der Waals surface area contributed by atoms with Crippen molar-refractivity contribution in [2.75, 3.05) is 12.4 Å². The van der Waals surface area contributed by atoms with Crippen LogP contribution in [0.4, 0.5) is 11.4 Å². The molecule has 2 aromatic carbocycles. The van der Waals surface area contributed by atoms with Crippen LogP contribution in [-0.4, -0.2) is 18.2 Å². The van der Waals surface area contributed by atoms with Crippen LogP contribution < -0.4 is 10.1 Å². The normalized spacial score (nSPS) is 10.0. The van der Waals surface area contributed by atoms with Gasteiger partial charge in [0.1, 0.15) is 5.75 Å². The first kappa shape index (κ1) is 13.2. The molecule has 0 aliphatic rings. The second kappa shape index (κ2) is 5.63. The summed E-state index contributed by atoms with van der Waals surface area (Å²) in [6.07, 6.45) is 0. The van der Waals surface area contributed by atoms with E-state index in [2.05, 4.69) is 5.32 Å². The molecule has 0 atom stereocenters. The van der Waals surface area contributed by atoms with Gasteiger partial charge in [-0.2, -0.15) is 0 Å². The molecule has 0 bridgehead atoms. The molecule has 2 rings (SSSR count). The molecule has 98 valence electrons. The number of benzene rings is 2. The highest BCUT2D eigenvalue weighted by molar-refractivity contribution is 6.31. The molecule has 0 fully saturated rings. The van der Waals surface area contributed by atoms with Crippen molar-refractivity contribution in [3.63, 3.8) is 0 Å². The largest absolute Gasteiger partial charge is 0.495 e. The van der Waals surface area contributed by atoms with Gasteiger partial charge in [-0.3, -0.25) is 0 Å². The van der Waals surface area contributed by atoms with E-state index in [4.69, 9.17) is 21.4 Å². The molecule has 0 spiro atoms.